The van der Waals surface area contributed by atoms with Gasteiger partial charge in [0.05, 0.1) is 10.4 Å². The number of carbonyl (C=O) groups excluding carboxylic acids is 1. The summed E-state index contributed by atoms with van der Waals surface area (Å²) < 4.78 is 38.4. The van der Waals surface area contributed by atoms with Gasteiger partial charge in [0.15, 0.2) is 0 Å². The van der Waals surface area contributed by atoms with Crippen LogP contribution in [0.25, 0.3) is 10.4 Å². The third-order valence-electron chi connectivity index (χ3n) is 3.17. The van der Waals surface area contributed by atoms with Crippen LogP contribution < -0.4 is 10.6 Å². The van der Waals surface area contributed by atoms with Gasteiger partial charge in [-0.15, -0.1) is 11.3 Å². The molecular formula is C16H12F3N5OS. The quantitative estimate of drug-likeness (QED) is 0.706. The molecule has 0 atom stereocenters. The Kier molecular flexibility index (Phi) is 4.85. The van der Waals surface area contributed by atoms with E-state index in [4.69, 9.17) is 0 Å². The number of hydrogen-bond acceptors (Lipinski definition) is 6. The van der Waals surface area contributed by atoms with Crippen LogP contribution in [0.5, 0.6) is 0 Å². The maximum Gasteiger partial charge on any atom is 0.433 e. The van der Waals surface area contributed by atoms with E-state index in [0.717, 1.165) is 22.7 Å². The van der Waals surface area contributed by atoms with Gasteiger partial charge in [0, 0.05) is 30.7 Å². The standard InChI is InChI=1S/C16H12F3N5OS/c1-9(25)22-11-4-10(13-7-20-8-26-13)5-12(6-11)23-15-21-3-2-14(24-15)16(17,18)19/h2-8H,1H3,(H,22,25)(H,21,23,24). The molecule has 0 bridgehead atoms. The van der Waals surface area contributed by atoms with Gasteiger partial charge < -0.3 is 10.6 Å². The highest BCUT2D eigenvalue weighted by molar-refractivity contribution is 7.13. The van der Waals surface area contributed by atoms with E-state index in [0.29, 0.717) is 11.4 Å². The summed E-state index contributed by atoms with van der Waals surface area (Å²) in [6.07, 6.45) is -1.88. The van der Waals surface area contributed by atoms with Crippen molar-refractivity contribution in [2.45, 2.75) is 13.1 Å². The summed E-state index contributed by atoms with van der Waals surface area (Å²) in [5, 5.41) is 5.40. The number of halogens is 3. The SMILES string of the molecule is CC(=O)Nc1cc(Nc2nccc(C(F)(F)F)n2)cc(-c2cncs2)c1. The van der Waals surface area contributed by atoms with Crippen molar-refractivity contribution in [1.82, 2.24) is 15.0 Å². The molecule has 0 saturated heterocycles. The van der Waals surface area contributed by atoms with E-state index in [2.05, 4.69) is 25.6 Å². The highest BCUT2D eigenvalue weighted by Gasteiger charge is 2.32. The number of amides is 1. The first kappa shape index (κ1) is 17.8. The summed E-state index contributed by atoms with van der Waals surface area (Å²) >= 11 is 1.39. The summed E-state index contributed by atoms with van der Waals surface area (Å²) in [5.41, 5.74) is 2.27. The second kappa shape index (κ2) is 7.08. The molecule has 0 aliphatic carbocycles. The van der Waals surface area contributed by atoms with Crippen molar-refractivity contribution in [2.75, 3.05) is 10.6 Å². The number of carbonyl (C=O) groups is 1. The molecule has 2 heterocycles. The minimum atomic E-state index is -4.56. The number of rotatable bonds is 4. The zero-order valence-electron chi connectivity index (χ0n) is 13.3. The van der Waals surface area contributed by atoms with Crippen molar-refractivity contribution in [3.8, 4) is 10.4 Å². The number of hydrogen-bond donors (Lipinski definition) is 2. The zero-order valence-corrected chi connectivity index (χ0v) is 14.1. The van der Waals surface area contributed by atoms with Crippen LogP contribution in [0.4, 0.5) is 30.5 Å². The van der Waals surface area contributed by atoms with E-state index in [1.807, 2.05) is 0 Å². The average molecular weight is 379 g/mol. The van der Waals surface area contributed by atoms with Crippen molar-refractivity contribution in [1.29, 1.82) is 0 Å². The molecule has 10 heteroatoms. The predicted octanol–water partition coefficient (Wildman–Crippen LogP) is 4.32. The fourth-order valence-corrected chi connectivity index (χ4v) is 2.79. The van der Waals surface area contributed by atoms with Crippen LogP contribution in [0, 0.1) is 0 Å². The van der Waals surface area contributed by atoms with Gasteiger partial charge in [-0.1, -0.05) is 0 Å². The number of aromatic nitrogens is 3. The highest BCUT2D eigenvalue weighted by atomic mass is 32.1. The zero-order chi connectivity index (χ0) is 18.7. The lowest BCUT2D eigenvalue weighted by atomic mass is 10.1. The molecule has 1 amide bonds. The van der Waals surface area contributed by atoms with Crippen LogP contribution in [0.15, 0.2) is 42.2 Å². The van der Waals surface area contributed by atoms with Crippen LogP contribution >= 0.6 is 11.3 Å². The average Bonchev–Trinajstić information content (AvgIpc) is 3.08. The fourth-order valence-electron chi connectivity index (χ4n) is 2.18. The number of anilines is 3. The van der Waals surface area contributed by atoms with Gasteiger partial charge in [0.2, 0.25) is 11.9 Å². The van der Waals surface area contributed by atoms with Gasteiger partial charge in [-0.3, -0.25) is 9.78 Å². The van der Waals surface area contributed by atoms with E-state index in [1.54, 1.807) is 29.9 Å². The molecule has 2 aromatic heterocycles. The Hall–Kier alpha value is -3.01. The van der Waals surface area contributed by atoms with Crippen LogP contribution in [-0.4, -0.2) is 20.9 Å². The number of alkyl halides is 3. The Morgan fingerprint density at radius 1 is 1.19 bits per heavy atom. The molecule has 1 aromatic carbocycles. The van der Waals surface area contributed by atoms with Crippen molar-refractivity contribution in [3.63, 3.8) is 0 Å². The smallest absolute Gasteiger partial charge is 0.326 e. The predicted molar refractivity (Wildman–Crippen MR) is 92.2 cm³/mol. The molecule has 0 unspecified atom stereocenters. The number of nitrogens with one attached hydrogen (secondary N) is 2. The number of benzene rings is 1. The molecule has 2 N–H and O–H groups in total. The molecule has 0 radical (unpaired) electrons. The molecule has 0 aliphatic rings. The van der Waals surface area contributed by atoms with E-state index in [-0.39, 0.29) is 11.9 Å². The van der Waals surface area contributed by atoms with E-state index < -0.39 is 11.9 Å². The molecule has 3 rings (SSSR count). The molecule has 0 aliphatic heterocycles. The van der Waals surface area contributed by atoms with Crippen molar-refractivity contribution >= 4 is 34.6 Å². The van der Waals surface area contributed by atoms with Crippen molar-refractivity contribution < 1.29 is 18.0 Å². The lowest BCUT2D eigenvalue weighted by molar-refractivity contribution is -0.141. The Morgan fingerprint density at radius 3 is 2.62 bits per heavy atom. The molecule has 0 spiro atoms. The van der Waals surface area contributed by atoms with Gasteiger partial charge in [-0.2, -0.15) is 13.2 Å². The molecule has 0 fully saturated rings. The lowest BCUT2D eigenvalue weighted by Gasteiger charge is -2.12. The molecule has 0 saturated carbocycles. The van der Waals surface area contributed by atoms with Gasteiger partial charge in [-0.05, 0) is 29.8 Å². The van der Waals surface area contributed by atoms with Crippen molar-refractivity contribution in [3.05, 3.63) is 47.9 Å². The Balaban J connectivity index is 1.96. The van der Waals surface area contributed by atoms with Crippen LogP contribution in [-0.2, 0) is 11.0 Å². The second-order valence-electron chi connectivity index (χ2n) is 5.23. The maximum atomic E-state index is 12.8. The van der Waals surface area contributed by atoms with E-state index in [9.17, 15) is 18.0 Å². The Labute approximate surface area is 150 Å². The van der Waals surface area contributed by atoms with Crippen molar-refractivity contribution in [2.24, 2.45) is 0 Å². The minimum absolute atomic E-state index is 0.199. The topological polar surface area (TPSA) is 79.8 Å². The third-order valence-corrected chi connectivity index (χ3v) is 3.99. The van der Waals surface area contributed by atoms with Gasteiger partial charge in [-0.25, -0.2) is 9.97 Å². The first-order valence-corrected chi connectivity index (χ1v) is 8.18. The fraction of sp³-hybridized carbons (Fsp3) is 0.125. The first-order chi connectivity index (χ1) is 12.3. The molecule has 134 valence electrons. The van der Waals surface area contributed by atoms with Crippen LogP contribution in [0.2, 0.25) is 0 Å². The van der Waals surface area contributed by atoms with Gasteiger partial charge in [0.1, 0.15) is 5.69 Å². The van der Waals surface area contributed by atoms with E-state index in [1.165, 1.54) is 18.3 Å². The second-order valence-corrected chi connectivity index (χ2v) is 6.12. The molecule has 26 heavy (non-hydrogen) atoms. The molecular weight excluding hydrogens is 367 g/mol. The number of thiazole rings is 1. The maximum absolute atomic E-state index is 12.8. The first-order valence-electron chi connectivity index (χ1n) is 7.30. The highest BCUT2D eigenvalue weighted by Crippen LogP contribution is 2.31. The van der Waals surface area contributed by atoms with Crippen LogP contribution in [0.1, 0.15) is 12.6 Å². The number of nitrogens with zero attached hydrogens (tertiary/aromatic N) is 3. The lowest BCUT2D eigenvalue weighted by Crippen LogP contribution is -2.10. The molecule has 6 nitrogen and oxygen atoms in total. The summed E-state index contributed by atoms with van der Waals surface area (Å²) in [6, 6.07) is 5.83. The molecule has 3 aromatic rings. The summed E-state index contributed by atoms with van der Waals surface area (Å²) in [4.78, 5) is 23.5. The Bertz CT molecular complexity index is 928. The summed E-state index contributed by atoms with van der Waals surface area (Å²) in [5.74, 6) is -0.470. The third kappa shape index (κ3) is 4.33. The minimum Gasteiger partial charge on any atom is -0.326 e. The monoisotopic (exact) mass is 379 g/mol. The Morgan fingerprint density at radius 2 is 1.96 bits per heavy atom. The largest absolute Gasteiger partial charge is 0.433 e. The van der Waals surface area contributed by atoms with Gasteiger partial charge in [0.25, 0.3) is 0 Å². The summed E-state index contributed by atoms with van der Waals surface area (Å²) in [7, 11) is 0. The van der Waals surface area contributed by atoms with Crippen LogP contribution in [0.3, 0.4) is 0 Å². The van der Waals surface area contributed by atoms with E-state index >= 15 is 0 Å². The normalized spacial score (nSPS) is 11.2. The van der Waals surface area contributed by atoms with Gasteiger partial charge >= 0.3 is 6.18 Å². The summed E-state index contributed by atoms with van der Waals surface area (Å²) in [6.45, 7) is 1.36.